The van der Waals surface area contributed by atoms with Crippen LogP contribution in [0.5, 0.6) is 0 Å². The molecule has 20 heavy (non-hydrogen) atoms. The second-order valence-electron chi connectivity index (χ2n) is 5.95. The highest BCUT2D eigenvalue weighted by atomic mass is 32.2. The van der Waals surface area contributed by atoms with Crippen molar-refractivity contribution in [1.82, 2.24) is 19.7 Å². The number of amides is 1. The quantitative estimate of drug-likeness (QED) is 0.757. The van der Waals surface area contributed by atoms with Gasteiger partial charge >= 0.3 is 0 Å². The molecule has 0 bridgehead atoms. The lowest BCUT2D eigenvalue weighted by Gasteiger charge is -2.32. The summed E-state index contributed by atoms with van der Waals surface area (Å²) in [7, 11) is 0. The van der Waals surface area contributed by atoms with Gasteiger partial charge in [0.15, 0.2) is 5.16 Å². The standard InChI is InChI=1S/C14H24N4OS/c1-9(2)18(10(3)4)13(19)11(5)20-14-16-15-8-17(14)12-6-7-12/h8-12H,6-7H2,1-5H3. The second-order valence-corrected chi connectivity index (χ2v) is 7.25. The summed E-state index contributed by atoms with van der Waals surface area (Å²) in [6.45, 7) is 10.2. The van der Waals surface area contributed by atoms with Gasteiger partial charge < -0.3 is 9.47 Å². The molecule has 0 N–H and O–H groups in total. The van der Waals surface area contributed by atoms with E-state index >= 15 is 0 Å². The SMILES string of the molecule is CC(Sc1nncn1C1CC1)C(=O)N(C(C)C)C(C)C. The van der Waals surface area contributed by atoms with Crippen LogP contribution < -0.4 is 0 Å². The van der Waals surface area contributed by atoms with Crippen LogP contribution in [-0.2, 0) is 4.79 Å². The molecular weight excluding hydrogens is 272 g/mol. The van der Waals surface area contributed by atoms with Crippen molar-refractivity contribution in [3.05, 3.63) is 6.33 Å². The lowest BCUT2D eigenvalue weighted by molar-refractivity contribution is -0.133. The van der Waals surface area contributed by atoms with Crippen molar-refractivity contribution >= 4 is 17.7 Å². The first-order valence-electron chi connectivity index (χ1n) is 7.30. The molecule has 0 aliphatic heterocycles. The Morgan fingerprint density at radius 1 is 1.30 bits per heavy atom. The fourth-order valence-electron chi connectivity index (χ4n) is 2.44. The summed E-state index contributed by atoms with van der Waals surface area (Å²) in [5.41, 5.74) is 0. The predicted molar refractivity (Wildman–Crippen MR) is 80.7 cm³/mol. The zero-order valence-electron chi connectivity index (χ0n) is 12.9. The van der Waals surface area contributed by atoms with Gasteiger partial charge in [0, 0.05) is 18.1 Å². The monoisotopic (exact) mass is 296 g/mol. The molecule has 5 nitrogen and oxygen atoms in total. The third-order valence-corrected chi connectivity index (χ3v) is 4.54. The van der Waals surface area contributed by atoms with Gasteiger partial charge in [-0.15, -0.1) is 10.2 Å². The Bertz CT molecular complexity index is 459. The van der Waals surface area contributed by atoms with E-state index in [0.29, 0.717) is 6.04 Å². The van der Waals surface area contributed by atoms with Crippen molar-refractivity contribution in [2.24, 2.45) is 0 Å². The lowest BCUT2D eigenvalue weighted by Crippen LogP contribution is -2.45. The molecule has 1 saturated carbocycles. The van der Waals surface area contributed by atoms with Crippen molar-refractivity contribution in [2.75, 3.05) is 0 Å². The van der Waals surface area contributed by atoms with Crippen LogP contribution in [0.4, 0.5) is 0 Å². The fraction of sp³-hybridized carbons (Fsp3) is 0.786. The van der Waals surface area contributed by atoms with Crippen LogP contribution in [-0.4, -0.2) is 42.9 Å². The summed E-state index contributed by atoms with van der Waals surface area (Å²) in [6, 6.07) is 0.972. The van der Waals surface area contributed by atoms with E-state index in [2.05, 4.69) is 42.5 Å². The van der Waals surface area contributed by atoms with E-state index in [9.17, 15) is 4.79 Å². The lowest BCUT2D eigenvalue weighted by atomic mass is 10.2. The minimum Gasteiger partial charge on any atom is -0.337 e. The van der Waals surface area contributed by atoms with Crippen molar-refractivity contribution in [2.45, 2.75) is 76.0 Å². The highest BCUT2D eigenvalue weighted by molar-refractivity contribution is 8.00. The van der Waals surface area contributed by atoms with Crippen LogP contribution in [0.25, 0.3) is 0 Å². The highest BCUT2D eigenvalue weighted by Crippen LogP contribution is 2.38. The Balaban J connectivity index is 2.04. The number of thioether (sulfide) groups is 1. The maximum absolute atomic E-state index is 12.6. The van der Waals surface area contributed by atoms with Crippen molar-refractivity contribution < 1.29 is 4.79 Å². The van der Waals surface area contributed by atoms with Crippen LogP contribution in [0.2, 0.25) is 0 Å². The molecule has 2 rings (SSSR count). The largest absolute Gasteiger partial charge is 0.337 e. The van der Waals surface area contributed by atoms with E-state index in [-0.39, 0.29) is 23.2 Å². The van der Waals surface area contributed by atoms with E-state index in [1.54, 1.807) is 6.33 Å². The molecular formula is C14H24N4OS. The average molecular weight is 296 g/mol. The smallest absolute Gasteiger partial charge is 0.236 e. The van der Waals surface area contributed by atoms with Gasteiger partial charge in [-0.3, -0.25) is 4.79 Å². The van der Waals surface area contributed by atoms with Crippen LogP contribution in [0.1, 0.15) is 53.5 Å². The van der Waals surface area contributed by atoms with Crippen LogP contribution >= 0.6 is 11.8 Å². The molecule has 1 amide bonds. The van der Waals surface area contributed by atoms with Crippen molar-refractivity contribution in [3.8, 4) is 0 Å². The summed E-state index contributed by atoms with van der Waals surface area (Å²) in [5, 5.41) is 8.86. The van der Waals surface area contributed by atoms with Gasteiger partial charge in [0.05, 0.1) is 5.25 Å². The van der Waals surface area contributed by atoms with Crippen molar-refractivity contribution in [1.29, 1.82) is 0 Å². The minimum atomic E-state index is -0.138. The summed E-state index contributed by atoms with van der Waals surface area (Å²) in [5.74, 6) is 0.172. The predicted octanol–water partition coefficient (Wildman–Crippen LogP) is 2.74. The average Bonchev–Trinajstić information content (AvgIpc) is 3.09. The molecule has 1 aliphatic carbocycles. The first kappa shape index (κ1) is 15.4. The number of rotatable bonds is 6. The molecule has 1 heterocycles. The van der Waals surface area contributed by atoms with Gasteiger partial charge in [-0.2, -0.15) is 0 Å². The highest BCUT2D eigenvalue weighted by Gasteiger charge is 2.30. The van der Waals surface area contributed by atoms with E-state index in [1.807, 2.05) is 11.8 Å². The van der Waals surface area contributed by atoms with Gasteiger partial charge in [-0.05, 0) is 47.5 Å². The summed E-state index contributed by atoms with van der Waals surface area (Å²) in [6.07, 6.45) is 4.16. The topological polar surface area (TPSA) is 51.0 Å². The first-order valence-corrected chi connectivity index (χ1v) is 8.18. The molecule has 6 heteroatoms. The van der Waals surface area contributed by atoms with Crippen LogP contribution in [0.15, 0.2) is 11.5 Å². The second kappa shape index (κ2) is 6.16. The molecule has 1 aromatic rings. The Morgan fingerprint density at radius 3 is 2.40 bits per heavy atom. The maximum Gasteiger partial charge on any atom is 0.236 e. The number of aromatic nitrogens is 3. The summed E-state index contributed by atoms with van der Waals surface area (Å²) in [4.78, 5) is 14.5. The molecule has 0 aromatic carbocycles. The number of carbonyl (C=O) groups excluding carboxylic acids is 1. The molecule has 0 saturated heterocycles. The number of nitrogens with zero attached hydrogens (tertiary/aromatic N) is 4. The zero-order chi connectivity index (χ0) is 14.9. The Morgan fingerprint density at radius 2 is 1.90 bits per heavy atom. The molecule has 1 unspecified atom stereocenters. The maximum atomic E-state index is 12.6. The molecule has 1 aliphatic rings. The summed E-state index contributed by atoms with van der Waals surface area (Å²) < 4.78 is 2.10. The molecule has 0 spiro atoms. The molecule has 1 atom stereocenters. The fourth-order valence-corrected chi connectivity index (χ4v) is 3.39. The molecule has 1 fully saturated rings. The van der Waals surface area contributed by atoms with Gasteiger partial charge in [0.2, 0.25) is 5.91 Å². The normalized spacial score (nSPS) is 16.8. The van der Waals surface area contributed by atoms with E-state index in [0.717, 1.165) is 5.16 Å². The van der Waals surface area contributed by atoms with E-state index in [1.165, 1.54) is 24.6 Å². The molecule has 0 radical (unpaired) electrons. The van der Waals surface area contributed by atoms with Gasteiger partial charge in [0.1, 0.15) is 6.33 Å². The number of carbonyl (C=O) groups is 1. The third-order valence-electron chi connectivity index (χ3n) is 3.48. The number of hydrogen-bond acceptors (Lipinski definition) is 4. The Labute approximate surface area is 125 Å². The van der Waals surface area contributed by atoms with Gasteiger partial charge in [-0.25, -0.2) is 0 Å². The molecule has 1 aromatic heterocycles. The van der Waals surface area contributed by atoms with E-state index in [4.69, 9.17) is 0 Å². The number of hydrogen-bond donors (Lipinski definition) is 0. The summed E-state index contributed by atoms with van der Waals surface area (Å²) >= 11 is 1.51. The third kappa shape index (κ3) is 3.34. The minimum absolute atomic E-state index is 0.138. The van der Waals surface area contributed by atoms with Crippen LogP contribution in [0, 0.1) is 0 Å². The van der Waals surface area contributed by atoms with Crippen molar-refractivity contribution in [3.63, 3.8) is 0 Å². The Hall–Kier alpha value is -1.04. The van der Waals surface area contributed by atoms with Crippen LogP contribution in [0.3, 0.4) is 0 Å². The van der Waals surface area contributed by atoms with Gasteiger partial charge in [0.25, 0.3) is 0 Å². The van der Waals surface area contributed by atoms with E-state index < -0.39 is 0 Å². The first-order chi connectivity index (χ1) is 9.41. The zero-order valence-corrected chi connectivity index (χ0v) is 13.7. The van der Waals surface area contributed by atoms with Gasteiger partial charge in [-0.1, -0.05) is 11.8 Å². The molecule has 112 valence electrons. The Kier molecular flexibility index (Phi) is 4.73.